The van der Waals surface area contributed by atoms with E-state index < -0.39 is 0 Å². The Balaban J connectivity index is 1.47. The molecule has 1 N–H and O–H groups in total. The van der Waals surface area contributed by atoms with Crippen molar-refractivity contribution in [2.24, 2.45) is 0 Å². The van der Waals surface area contributed by atoms with Crippen LogP contribution in [0.4, 0.5) is 17.3 Å². The maximum atomic E-state index is 5.97. The lowest BCUT2D eigenvalue weighted by molar-refractivity contribution is 0.0367. The molecule has 7 nitrogen and oxygen atoms in total. The van der Waals surface area contributed by atoms with Crippen LogP contribution in [-0.2, 0) is 4.74 Å². The standard InChI is InChI=1S/C21H24N6O/c1-14-5-4-8-22-21(14)26-17-6-7-18(23-12-17)19-13-27(9-10-28-19)20-11-15(2)24-16(3)25-20/h4-8,11-12,19H,9-10,13H2,1-3H3,(H,22,26)/t19-/m0/s1. The van der Waals surface area contributed by atoms with Crippen LogP contribution in [-0.4, -0.2) is 39.6 Å². The molecule has 144 valence electrons. The van der Waals surface area contributed by atoms with Crippen LogP contribution in [0.5, 0.6) is 0 Å². The molecule has 7 heteroatoms. The second-order valence-corrected chi connectivity index (χ2v) is 6.99. The number of aromatic nitrogens is 4. The van der Waals surface area contributed by atoms with Gasteiger partial charge in [0.1, 0.15) is 23.6 Å². The van der Waals surface area contributed by atoms with Crippen molar-refractivity contribution >= 4 is 17.3 Å². The second-order valence-electron chi connectivity index (χ2n) is 6.99. The van der Waals surface area contributed by atoms with E-state index in [9.17, 15) is 0 Å². The van der Waals surface area contributed by atoms with Crippen molar-refractivity contribution in [2.75, 3.05) is 29.9 Å². The summed E-state index contributed by atoms with van der Waals surface area (Å²) in [6.45, 7) is 8.11. The van der Waals surface area contributed by atoms with Gasteiger partial charge in [0.2, 0.25) is 0 Å². The number of nitrogens with one attached hydrogen (secondary N) is 1. The number of morpholine rings is 1. The van der Waals surface area contributed by atoms with Gasteiger partial charge in [-0.15, -0.1) is 0 Å². The first-order valence-corrected chi connectivity index (χ1v) is 9.42. The molecule has 3 aromatic heterocycles. The second kappa shape index (κ2) is 7.90. The number of rotatable bonds is 4. The van der Waals surface area contributed by atoms with Crippen LogP contribution in [0.3, 0.4) is 0 Å². The molecule has 1 atom stereocenters. The van der Waals surface area contributed by atoms with E-state index in [1.54, 1.807) is 6.20 Å². The minimum absolute atomic E-state index is 0.0880. The van der Waals surface area contributed by atoms with Gasteiger partial charge in [-0.3, -0.25) is 4.98 Å². The first-order valence-electron chi connectivity index (χ1n) is 9.42. The molecule has 4 heterocycles. The highest BCUT2D eigenvalue weighted by Crippen LogP contribution is 2.25. The van der Waals surface area contributed by atoms with Crippen molar-refractivity contribution in [2.45, 2.75) is 26.9 Å². The van der Waals surface area contributed by atoms with E-state index in [4.69, 9.17) is 4.74 Å². The maximum Gasteiger partial charge on any atom is 0.133 e. The molecule has 0 radical (unpaired) electrons. The van der Waals surface area contributed by atoms with E-state index in [-0.39, 0.29) is 6.10 Å². The van der Waals surface area contributed by atoms with E-state index in [1.807, 2.05) is 57.3 Å². The predicted octanol–water partition coefficient (Wildman–Crippen LogP) is 3.51. The van der Waals surface area contributed by atoms with Gasteiger partial charge in [0.25, 0.3) is 0 Å². The van der Waals surface area contributed by atoms with E-state index in [0.29, 0.717) is 6.61 Å². The lowest BCUT2D eigenvalue weighted by Gasteiger charge is -2.33. The van der Waals surface area contributed by atoms with E-state index >= 15 is 0 Å². The van der Waals surface area contributed by atoms with Crippen LogP contribution in [0.15, 0.2) is 42.7 Å². The van der Waals surface area contributed by atoms with Crippen LogP contribution in [0.1, 0.15) is 28.9 Å². The molecule has 0 spiro atoms. The van der Waals surface area contributed by atoms with Gasteiger partial charge in [0.15, 0.2) is 0 Å². The molecule has 0 saturated carbocycles. The summed E-state index contributed by atoms with van der Waals surface area (Å²) in [5, 5.41) is 3.31. The number of hydrogen-bond acceptors (Lipinski definition) is 7. The third kappa shape index (κ3) is 4.09. The number of pyridine rings is 2. The molecule has 0 aliphatic carbocycles. The summed E-state index contributed by atoms with van der Waals surface area (Å²) >= 11 is 0. The molecule has 1 aliphatic rings. The molecule has 4 rings (SSSR count). The Morgan fingerprint density at radius 2 is 2.00 bits per heavy atom. The Kier molecular flexibility index (Phi) is 5.16. The summed E-state index contributed by atoms with van der Waals surface area (Å²) in [4.78, 5) is 20.2. The fraction of sp³-hybridized carbons (Fsp3) is 0.333. The fourth-order valence-corrected chi connectivity index (χ4v) is 3.32. The lowest BCUT2D eigenvalue weighted by atomic mass is 10.1. The molecule has 0 aromatic carbocycles. The largest absolute Gasteiger partial charge is 0.368 e. The fourth-order valence-electron chi connectivity index (χ4n) is 3.32. The minimum Gasteiger partial charge on any atom is -0.368 e. The average Bonchev–Trinajstić information content (AvgIpc) is 2.70. The number of nitrogens with zero attached hydrogens (tertiary/aromatic N) is 5. The zero-order valence-corrected chi connectivity index (χ0v) is 16.4. The Bertz CT molecular complexity index is 939. The van der Waals surface area contributed by atoms with Crippen molar-refractivity contribution in [3.8, 4) is 0 Å². The topological polar surface area (TPSA) is 76.1 Å². The molecule has 0 bridgehead atoms. The van der Waals surface area contributed by atoms with Gasteiger partial charge >= 0.3 is 0 Å². The number of hydrogen-bond donors (Lipinski definition) is 1. The molecule has 1 aliphatic heterocycles. The summed E-state index contributed by atoms with van der Waals surface area (Å²) in [6, 6.07) is 9.99. The van der Waals surface area contributed by atoms with E-state index in [0.717, 1.165) is 53.2 Å². The predicted molar refractivity (Wildman–Crippen MR) is 109 cm³/mol. The zero-order chi connectivity index (χ0) is 19.5. The summed E-state index contributed by atoms with van der Waals surface area (Å²) in [6.07, 6.45) is 3.51. The number of anilines is 3. The van der Waals surface area contributed by atoms with Crippen LogP contribution < -0.4 is 10.2 Å². The summed E-state index contributed by atoms with van der Waals surface area (Å²) < 4.78 is 5.97. The highest BCUT2D eigenvalue weighted by atomic mass is 16.5. The van der Waals surface area contributed by atoms with Gasteiger partial charge in [-0.2, -0.15) is 0 Å². The Labute approximate surface area is 164 Å². The maximum absolute atomic E-state index is 5.97. The van der Waals surface area contributed by atoms with Gasteiger partial charge < -0.3 is 15.0 Å². The minimum atomic E-state index is -0.0880. The lowest BCUT2D eigenvalue weighted by Crippen LogP contribution is -2.39. The van der Waals surface area contributed by atoms with Crippen LogP contribution in [0.2, 0.25) is 0 Å². The molecule has 3 aromatic rings. The number of aryl methyl sites for hydroxylation is 3. The third-order valence-electron chi connectivity index (χ3n) is 4.73. The molecule has 28 heavy (non-hydrogen) atoms. The first kappa shape index (κ1) is 18.3. The van der Waals surface area contributed by atoms with Crippen molar-refractivity contribution < 1.29 is 4.74 Å². The third-order valence-corrected chi connectivity index (χ3v) is 4.73. The van der Waals surface area contributed by atoms with Crippen LogP contribution >= 0.6 is 0 Å². The Morgan fingerprint density at radius 1 is 1.11 bits per heavy atom. The van der Waals surface area contributed by atoms with Gasteiger partial charge in [-0.05, 0) is 44.5 Å². The van der Waals surface area contributed by atoms with Crippen molar-refractivity contribution in [1.29, 1.82) is 0 Å². The van der Waals surface area contributed by atoms with Crippen molar-refractivity contribution in [1.82, 2.24) is 19.9 Å². The summed E-state index contributed by atoms with van der Waals surface area (Å²) in [5.74, 6) is 2.57. The summed E-state index contributed by atoms with van der Waals surface area (Å²) in [7, 11) is 0. The van der Waals surface area contributed by atoms with E-state index in [2.05, 4.69) is 30.2 Å². The first-order chi connectivity index (χ1) is 13.6. The van der Waals surface area contributed by atoms with Crippen LogP contribution in [0.25, 0.3) is 0 Å². The average molecular weight is 376 g/mol. The van der Waals surface area contributed by atoms with Crippen molar-refractivity contribution in [3.05, 3.63) is 65.5 Å². The Morgan fingerprint density at radius 3 is 2.75 bits per heavy atom. The molecule has 1 fully saturated rings. The van der Waals surface area contributed by atoms with Crippen molar-refractivity contribution in [3.63, 3.8) is 0 Å². The highest BCUT2D eigenvalue weighted by molar-refractivity contribution is 5.58. The van der Waals surface area contributed by atoms with Gasteiger partial charge in [-0.1, -0.05) is 6.07 Å². The monoisotopic (exact) mass is 376 g/mol. The zero-order valence-electron chi connectivity index (χ0n) is 16.4. The molecule has 0 unspecified atom stereocenters. The van der Waals surface area contributed by atoms with Gasteiger partial charge in [-0.25, -0.2) is 15.0 Å². The quantitative estimate of drug-likeness (QED) is 0.747. The SMILES string of the molecule is Cc1cc(N2CCO[C@H](c3ccc(Nc4ncccc4C)cn3)C2)nc(C)n1. The number of ether oxygens (including phenoxy) is 1. The van der Waals surface area contributed by atoms with Gasteiger partial charge in [0, 0.05) is 24.5 Å². The normalized spacial score (nSPS) is 16.8. The highest BCUT2D eigenvalue weighted by Gasteiger charge is 2.24. The molecule has 0 amide bonds. The van der Waals surface area contributed by atoms with Gasteiger partial charge in [0.05, 0.1) is 30.7 Å². The molecular weight excluding hydrogens is 352 g/mol. The van der Waals surface area contributed by atoms with E-state index in [1.165, 1.54) is 0 Å². The van der Waals surface area contributed by atoms with Crippen LogP contribution in [0, 0.1) is 20.8 Å². The Hall–Kier alpha value is -3.06. The molecular formula is C21H24N6O. The smallest absolute Gasteiger partial charge is 0.133 e. The molecule has 1 saturated heterocycles. The summed E-state index contributed by atoms with van der Waals surface area (Å²) in [5.41, 5.74) is 3.88.